The minimum Gasteiger partial charge on any atom is -0.497 e. The summed E-state index contributed by atoms with van der Waals surface area (Å²) in [6, 6.07) is 11.7. The maximum Gasteiger partial charge on any atom is 0.191 e. The molecule has 0 bridgehead atoms. The number of sulfone groups is 1. The second-order valence-electron chi connectivity index (χ2n) is 7.05. The van der Waals surface area contributed by atoms with Crippen LogP contribution in [0.5, 0.6) is 5.75 Å². The van der Waals surface area contributed by atoms with Gasteiger partial charge in [0.05, 0.1) is 19.1 Å². The molecule has 0 amide bonds. The van der Waals surface area contributed by atoms with E-state index in [1.54, 1.807) is 13.4 Å². The van der Waals surface area contributed by atoms with Gasteiger partial charge >= 0.3 is 0 Å². The molecule has 7 nitrogen and oxygen atoms in total. The van der Waals surface area contributed by atoms with Crippen LogP contribution in [0.4, 0.5) is 0 Å². The Kier molecular flexibility index (Phi) is 9.05. The van der Waals surface area contributed by atoms with Gasteiger partial charge in [-0.05, 0) is 49.6 Å². The first-order chi connectivity index (χ1) is 13.9. The van der Waals surface area contributed by atoms with E-state index in [-0.39, 0.29) is 11.8 Å². The van der Waals surface area contributed by atoms with Crippen LogP contribution in [0.1, 0.15) is 24.7 Å². The lowest BCUT2D eigenvalue weighted by Gasteiger charge is -2.18. The third-order valence-electron chi connectivity index (χ3n) is 4.38. The van der Waals surface area contributed by atoms with E-state index >= 15 is 0 Å². The molecular weight excluding hydrogens is 390 g/mol. The first kappa shape index (κ1) is 22.8. The second kappa shape index (κ2) is 11.5. The Morgan fingerprint density at radius 2 is 1.97 bits per heavy atom. The molecule has 0 spiro atoms. The van der Waals surface area contributed by atoms with Gasteiger partial charge in [-0.25, -0.2) is 8.42 Å². The van der Waals surface area contributed by atoms with Gasteiger partial charge in [0.1, 0.15) is 21.3 Å². The van der Waals surface area contributed by atoms with E-state index in [4.69, 9.17) is 9.15 Å². The van der Waals surface area contributed by atoms with Crippen LogP contribution in [-0.2, 0) is 22.7 Å². The van der Waals surface area contributed by atoms with Crippen LogP contribution < -0.4 is 15.4 Å². The summed E-state index contributed by atoms with van der Waals surface area (Å²) in [5.41, 5.74) is 1.19. The molecular formula is C21H31N3O4S. The lowest BCUT2D eigenvalue weighted by molar-refractivity contribution is 0.414. The Balaban J connectivity index is 1.89. The molecule has 29 heavy (non-hydrogen) atoms. The zero-order chi connectivity index (χ0) is 21.1. The van der Waals surface area contributed by atoms with E-state index in [1.165, 1.54) is 11.8 Å². The Morgan fingerprint density at radius 3 is 2.59 bits per heavy atom. The molecule has 0 saturated carbocycles. The van der Waals surface area contributed by atoms with Gasteiger partial charge in [0.25, 0.3) is 0 Å². The lowest BCUT2D eigenvalue weighted by atomic mass is 10.1. The van der Waals surface area contributed by atoms with Crippen LogP contribution in [0, 0.1) is 0 Å². The van der Waals surface area contributed by atoms with E-state index in [9.17, 15) is 8.42 Å². The van der Waals surface area contributed by atoms with E-state index in [2.05, 4.69) is 15.6 Å². The van der Waals surface area contributed by atoms with Crippen LogP contribution >= 0.6 is 0 Å². The highest BCUT2D eigenvalue weighted by Crippen LogP contribution is 2.11. The van der Waals surface area contributed by atoms with Crippen molar-refractivity contribution in [3.8, 4) is 5.75 Å². The Labute approximate surface area is 173 Å². The quantitative estimate of drug-likeness (QED) is 0.428. The summed E-state index contributed by atoms with van der Waals surface area (Å²) < 4.78 is 33.3. The largest absolute Gasteiger partial charge is 0.497 e. The first-order valence-corrected chi connectivity index (χ1v) is 11.8. The maximum atomic E-state index is 11.4. The van der Waals surface area contributed by atoms with Crippen molar-refractivity contribution < 1.29 is 17.6 Å². The van der Waals surface area contributed by atoms with Gasteiger partial charge in [0.15, 0.2) is 5.96 Å². The monoisotopic (exact) mass is 421 g/mol. The van der Waals surface area contributed by atoms with Crippen LogP contribution in [0.15, 0.2) is 52.1 Å². The molecule has 2 N–H and O–H groups in total. The maximum absolute atomic E-state index is 11.4. The number of guanidine groups is 1. The molecule has 0 aliphatic carbocycles. The SMILES string of the molecule is COc1ccc(CCNC(=NCCc2ccco2)NC(C)CCS(C)(=O)=O)cc1. The molecule has 1 atom stereocenters. The summed E-state index contributed by atoms with van der Waals surface area (Å²) in [6.07, 6.45) is 4.97. The summed E-state index contributed by atoms with van der Waals surface area (Å²) in [5, 5.41) is 6.63. The number of nitrogens with one attached hydrogen (secondary N) is 2. The summed E-state index contributed by atoms with van der Waals surface area (Å²) in [7, 11) is -1.33. The molecule has 1 aromatic heterocycles. The molecule has 0 aliphatic heterocycles. The minimum absolute atomic E-state index is 0.0134. The van der Waals surface area contributed by atoms with Crippen molar-refractivity contribution in [2.24, 2.45) is 4.99 Å². The number of methoxy groups -OCH3 is 1. The van der Waals surface area contributed by atoms with Gasteiger partial charge in [0.2, 0.25) is 0 Å². The van der Waals surface area contributed by atoms with Crippen molar-refractivity contribution in [2.75, 3.05) is 32.2 Å². The third kappa shape index (κ3) is 9.51. The number of hydrogen-bond acceptors (Lipinski definition) is 5. The van der Waals surface area contributed by atoms with Gasteiger partial charge in [0, 0.05) is 31.8 Å². The van der Waals surface area contributed by atoms with E-state index in [1.807, 2.05) is 43.3 Å². The van der Waals surface area contributed by atoms with Crippen molar-refractivity contribution in [2.45, 2.75) is 32.2 Å². The van der Waals surface area contributed by atoms with Gasteiger partial charge < -0.3 is 19.8 Å². The first-order valence-electron chi connectivity index (χ1n) is 9.73. The summed E-state index contributed by atoms with van der Waals surface area (Å²) in [5.74, 6) is 2.54. The fourth-order valence-corrected chi connectivity index (χ4v) is 3.48. The molecule has 8 heteroatoms. The normalized spacial score (nSPS) is 13.1. The highest BCUT2D eigenvalue weighted by atomic mass is 32.2. The van der Waals surface area contributed by atoms with E-state index in [0.29, 0.717) is 31.9 Å². The molecule has 0 saturated heterocycles. The number of rotatable bonds is 11. The molecule has 1 aromatic carbocycles. The molecule has 0 fully saturated rings. The number of furan rings is 1. The Hall–Kier alpha value is -2.48. The predicted molar refractivity (Wildman–Crippen MR) is 116 cm³/mol. The van der Waals surface area contributed by atoms with Crippen molar-refractivity contribution >= 4 is 15.8 Å². The van der Waals surface area contributed by atoms with Crippen molar-refractivity contribution in [1.82, 2.24) is 10.6 Å². The van der Waals surface area contributed by atoms with Gasteiger partial charge in [-0.1, -0.05) is 12.1 Å². The number of benzene rings is 1. The van der Waals surface area contributed by atoms with E-state index < -0.39 is 9.84 Å². The molecule has 2 aromatic rings. The molecule has 0 aliphatic rings. The highest BCUT2D eigenvalue weighted by molar-refractivity contribution is 7.90. The average molecular weight is 422 g/mol. The summed E-state index contributed by atoms with van der Waals surface area (Å²) in [4.78, 5) is 4.61. The van der Waals surface area contributed by atoms with Gasteiger partial charge in [-0.3, -0.25) is 4.99 Å². The van der Waals surface area contributed by atoms with Crippen LogP contribution in [0.2, 0.25) is 0 Å². The number of ether oxygens (including phenoxy) is 1. The summed E-state index contributed by atoms with van der Waals surface area (Å²) in [6.45, 7) is 3.24. The number of hydrogen-bond donors (Lipinski definition) is 2. The van der Waals surface area contributed by atoms with Crippen molar-refractivity contribution in [3.63, 3.8) is 0 Å². The van der Waals surface area contributed by atoms with Crippen LogP contribution in [0.3, 0.4) is 0 Å². The molecule has 0 radical (unpaired) electrons. The topological polar surface area (TPSA) is 92.9 Å². The predicted octanol–water partition coefficient (Wildman–Crippen LogP) is 2.43. The Morgan fingerprint density at radius 1 is 1.21 bits per heavy atom. The minimum atomic E-state index is -2.98. The second-order valence-corrected chi connectivity index (χ2v) is 9.31. The smallest absolute Gasteiger partial charge is 0.191 e. The molecule has 1 unspecified atom stereocenters. The molecule has 160 valence electrons. The number of nitrogens with zero attached hydrogens (tertiary/aromatic N) is 1. The number of aliphatic imine (C=N–C) groups is 1. The van der Waals surface area contributed by atoms with Crippen LogP contribution in [-0.4, -0.2) is 52.6 Å². The highest BCUT2D eigenvalue weighted by Gasteiger charge is 2.10. The lowest BCUT2D eigenvalue weighted by Crippen LogP contribution is -2.43. The zero-order valence-electron chi connectivity index (χ0n) is 17.3. The zero-order valence-corrected chi connectivity index (χ0v) is 18.2. The molecule has 2 rings (SSSR count). The van der Waals surface area contributed by atoms with Gasteiger partial charge in [-0.15, -0.1) is 0 Å². The van der Waals surface area contributed by atoms with Crippen molar-refractivity contribution in [1.29, 1.82) is 0 Å². The van der Waals surface area contributed by atoms with Gasteiger partial charge in [-0.2, -0.15) is 0 Å². The Bertz CT molecular complexity index is 847. The average Bonchev–Trinajstić information content (AvgIpc) is 3.20. The van der Waals surface area contributed by atoms with Crippen LogP contribution in [0.25, 0.3) is 0 Å². The summed E-state index contributed by atoms with van der Waals surface area (Å²) >= 11 is 0. The molecule has 1 heterocycles. The van der Waals surface area contributed by atoms with E-state index in [0.717, 1.165) is 17.9 Å². The third-order valence-corrected chi connectivity index (χ3v) is 5.36. The van der Waals surface area contributed by atoms with Crippen molar-refractivity contribution in [3.05, 3.63) is 54.0 Å². The fraction of sp³-hybridized carbons (Fsp3) is 0.476. The fourth-order valence-electron chi connectivity index (χ4n) is 2.70. The standard InChI is InChI=1S/C21H31N3O4S/c1-17(12-16-29(3,25)26)24-21(23-14-11-20-5-4-15-28-20)22-13-10-18-6-8-19(27-2)9-7-18/h4-9,15,17H,10-14,16H2,1-3H3,(H2,22,23,24).